The van der Waals surface area contributed by atoms with Crippen LogP contribution in [-0.4, -0.2) is 17.9 Å². The van der Waals surface area contributed by atoms with E-state index in [-0.39, 0.29) is 11.5 Å². The van der Waals surface area contributed by atoms with E-state index < -0.39 is 18.3 Å². The van der Waals surface area contributed by atoms with Crippen LogP contribution in [0.2, 0.25) is 0 Å². The largest absolute Gasteiger partial charge is 0.348 e. The van der Waals surface area contributed by atoms with Gasteiger partial charge in [-0.2, -0.15) is 8.78 Å². The molecule has 0 radical (unpaired) electrons. The molecule has 0 aliphatic rings. The lowest BCUT2D eigenvalue weighted by molar-refractivity contribution is -0.148. The smallest absolute Gasteiger partial charge is 0.324 e. The van der Waals surface area contributed by atoms with Crippen LogP contribution < -0.4 is 5.32 Å². The SMILES string of the molecule is CCCC(F)(F)C(=O)NC(C)C(C)(C)C. The Hall–Kier alpha value is -0.670. The summed E-state index contributed by atoms with van der Waals surface area (Å²) in [5.74, 6) is -4.40. The molecule has 0 spiro atoms. The maximum absolute atomic E-state index is 13.2. The van der Waals surface area contributed by atoms with Gasteiger partial charge in [0.15, 0.2) is 0 Å². The zero-order valence-corrected chi connectivity index (χ0v) is 10.2. The molecular weight excluding hydrogens is 200 g/mol. The molecule has 1 unspecified atom stereocenters. The summed E-state index contributed by atoms with van der Waals surface area (Å²) >= 11 is 0. The van der Waals surface area contributed by atoms with E-state index in [0.29, 0.717) is 6.42 Å². The van der Waals surface area contributed by atoms with Gasteiger partial charge in [-0.15, -0.1) is 0 Å². The first-order chi connectivity index (χ1) is 6.61. The second-order valence-electron chi connectivity index (χ2n) is 5.02. The molecule has 4 heteroatoms. The van der Waals surface area contributed by atoms with Crippen LogP contribution in [0.25, 0.3) is 0 Å². The van der Waals surface area contributed by atoms with Gasteiger partial charge in [0.1, 0.15) is 0 Å². The molecule has 0 aromatic carbocycles. The molecule has 0 rings (SSSR count). The van der Waals surface area contributed by atoms with Crippen LogP contribution in [-0.2, 0) is 4.79 Å². The van der Waals surface area contributed by atoms with Gasteiger partial charge in [-0.05, 0) is 18.8 Å². The lowest BCUT2D eigenvalue weighted by Gasteiger charge is -2.29. The number of rotatable bonds is 4. The Labute approximate surface area is 90.4 Å². The Kier molecular flexibility index (Phi) is 4.68. The van der Waals surface area contributed by atoms with E-state index in [1.807, 2.05) is 20.8 Å². The summed E-state index contributed by atoms with van der Waals surface area (Å²) in [6, 6.07) is -0.271. The van der Waals surface area contributed by atoms with Crippen molar-refractivity contribution in [3.8, 4) is 0 Å². The minimum atomic E-state index is -3.24. The van der Waals surface area contributed by atoms with Crippen molar-refractivity contribution in [3.05, 3.63) is 0 Å². The van der Waals surface area contributed by atoms with Gasteiger partial charge < -0.3 is 5.32 Å². The lowest BCUT2D eigenvalue weighted by Crippen LogP contribution is -2.48. The Morgan fingerprint density at radius 1 is 1.33 bits per heavy atom. The summed E-state index contributed by atoms with van der Waals surface area (Å²) < 4.78 is 26.3. The van der Waals surface area contributed by atoms with Crippen LogP contribution >= 0.6 is 0 Å². The summed E-state index contributed by atoms with van der Waals surface area (Å²) in [7, 11) is 0. The van der Waals surface area contributed by atoms with Gasteiger partial charge in [-0.3, -0.25) is 4.79 Å². The number of amides is 1. The van der Waals surface area contributed by atoms with Crippen molar-refractivity contribution >= 4 is 5.91 Å². The molecule has 0 saturated carbocycles. The Morgan fingerprint density at radius 3 is 2.13 bits per heavy atom. The van der Waals surface area contributed by atoms with E-state index >= 15 is 0 Å². The van der Waals surface area contributed by atoms with Crippen molar-refractivity contribution in [2.24, 2.45) is 5.41 Å². The van der Waals surface area contributed by atoms with Crippen LogP contribution in [0.4, 0.5) is 8.78 Å². The van der Waals surface area contributed by atoms with Crippen molar-refractivity contribution in [1.29, 1.82) is 0 Å². The highest BCUT2D eigenvalue weighted by molar-refractivity contribution is 5.83. The van der Waals surface area contributed by atoms with Crippen molar-refractivity contribution in [2.75, 3.05) is 0 Å². The highest BCUT2D eigenvalue weighted by Gasteiger charge is 2.39. The van der Waals surface area contributed by atoms with Crippen molar-refractivity contribution in [3.63, 3.8) is 0 Å². The Balaban J connectivity index is 4.37. The summed E-state index contributed by atoms with van der Waals surface area (Å²) in [5, 5.41) is 2.36. The third-order valence-corrected chi connectivity index (χ3v) is 2.54. The van der Waals surface area contributed by atoms with Gasteiger partial charge in [0.25, 0.3) is 5.91 Å². The second-order valence-corrected chi connectivity index (χ2v) is 5.02. The maximum atomic E-state index is 13.2. The van der Waals surface area contributed by atoms with Crippen molar-refractivity contribution in [2.45, 2.75) is 59.4 Å². The third kappa shape index (κ3) is 4.58. The molecule has 0 heterocycles. The number of alkyl halides is 2. The maximum Gasteiger partial charge on any atom is 0.324 e. The molecule has 1 atom stereocenters. The molecule has 0 saturated heterocycles. The number of carbonyl (C=O) groups is 1. The predicted octanol–water partition coefficient (Wildman–Crippen LogP) is 2.97. The summed E-state index contributed by atoms with van der Waals surface area (Å²) in [5.41, 5.74) is -0.210. The summed E-state index contributed by atoms with van der Waals surface area (Å²) in [6.45, 7) is 9.07. The van der Waals surface area contributed by atoms with Gasteiger partial charge in [-0.1, -0.05) is 27.7 Å². The van der Waals surface area contributed by atoms with E-state index in [1.165, 1.54) is 0 Å². The van der Waals surface area contributed by atoms with E-state index in [9.17, 15) is 13.6 Å². The van der Waals surface area contributed by atoms with Crippen molar-refractivity contribution < 1.29 is 13.6 Å². The first-order valence-electron chi connectivity index (χ1n) is 5.30. The molecule has 1 N–H and O–H groups in total. The fourth-order valence-electron chi connectivity index (χ4n) is 0.946. The lowest BCUT2D eigenvalue weighted by atomic mass is 9.88. The fraction of sp³-hybridized carbons (Fsp3) is 0.909. The predicted molar refractivity (Wildman–Crippen MR) is 56.9 cm³/mol. The normalized spacial score (nSPS) is 14.9. The molecule has 0 aromatic heterocycles. The van der Waals surface area contributed by atoms with Crippen LogP contribution in [0, 0.1) is 5.41 Å². The summed E-state index contributed by atoms with van der Waals surface area (Å²) in [6.07, 6.45) is -0.0972. The van der Waals surface area contributed by atoms with Gasteiger partial charge in [0.05, 0.1) is 0 Å². The highest BCUT2D eigenvalue weighted by Crippen LogP contribution is 2.23. The van der Waals surface area contributed by atoms with Crippen LogP contribution in [0.15, 0.2) is 0 Å². The highest BCUT2D eigenvalue weighted by atomic mass is 19.3. The molecule has 1 amide bonds. The number of hydrogen-bond acceptors (Lipinski definition) is 1. The third-order valence-electron chi connectivity index (χ3n) is 2.54. The van der Waals surface area contributed by atoms with E-state index in [0.717, 1.165) is 0 Å². The standard InChI is InChI=1S/C11H21F2NO/c1-6-7-11(12,13)9(15)14-8(2)10(3,4)5/h8H,6-7H2,1-5H3,(H,14,15). The van der Waals surface area contributed by atoms with Crippen LogP contribution in [0.3, 0.4) is 0 Å². The molecule has 0 aromatic rings. The Bertz CT molecular complexity index is 221. The number of carbonyl (C=O) groups excluding carboxylic acids is 1. The zero-order valence-electron chi connectivity index (χ0n) is 10.2. The van der Waals surface area contributed by atoms with E-state index in [4.69, 9.17) is 0 Å². The molecule has 0 bridgehead atoms. The summed E-state index contributed by atoms with van der Waals surface area (Å²) in [4.78, 5) is 11.3. The average molecular weight is 221 g/mol. The molecule has 2 nitrogen and oxygen atoms in total. The molecule has 90 valence electrons. The second kappa shape index (κ2) is 4.90. The van der Waals surface area contributed by atoms with Crippen molar-refractivity contribution in [1.82, 2.24) is 5.32 Å². The molecule has 0 aliphatic carbocycles. The monoisotopic (exact) mass is 221 g/mol. The van der Waals surface area contributed by atoms with Crippen LogP contribution in [0.5, 0.6) is 0 Å². The van der Waals surface area contributed by atoms with Crippen LogP contribution in [0.1, 0.15) is 47.5 Å². The molecule has 0 fully saturated rings. The topological polar surface area (TPSA) is 29.1 Å². The number of hydrogen-bond donors (Lipinski definition) is 1. The molecule has 0 aliphatic heterocycles. The van der Waals surface area contributed by atoms with Gasteiger partial charge in [0.2, 0.25) is 0 Å². The average Bonchev–Trinajstić information content (AvgIpc) is 2.01. The zero-order chi connectivity index (χ0) is 12.3. The van der Waals surface area contributed by atoms with E-state index in [1.54, 1.807) is 13.8 Å². The Morgan fingerprint density at radius 2 is 1.80 bits per heavy atom. The van der Waals surface area contributed by atoms with Gasteiger partial charge in [0, 0.05) is 12.5 Å². The first kappa shape index (κ1) is 14.3. The first-order valence-corrected chi connectivity index (χ1v) is 5.30. The minimum absolute atomic E-state index is 0.210. The minimum Gasteiger partial charge on any atom is -0.348 e. The fourth-order valence-corrected chi connectivity index (χ4v) is 0.946. The molecule has 15 heavy (non-hydrogen) atoms. The van der Waals surface area contributed by atoms with Gasteiger partial charge >= 0.3 is 5.92 Å². The quantitative estimate of drug-likeness (QED) is 0.777. The number of halogens is 2. The number of nitrogens with one attached hydrogen (secondary N) is 1. The van der Waals surface area contributed by atoms with Gasteiger partial charge in [-0.25, -0.2) is 0 Å². The van der Waals surface area contributed by atoms with E-state index in [2.05, 4.69) is 5.32 Å². The molecular formula is C11H21F2NO.